The lowest BCUT2D eigenvalue weighted by atomic mass is 10.2. The second kappa shape index (κ2) is 10.4. The Balaban J connectivity index is 1.94. The normalized spacial score (nSPS) is 11.6. The first-order chi connectivity index (χ1) is 15.1. The highest BCUT2D eigenvalue weighted by atomic mass is 35.5. The summed E-state index contributed by atoms with van der Waals surface area (Å²) in [7, 11) is -4.22. The molecule has 32 heavy (non-hydrogen) atoms. The second-order valence-corrected chi connectivity index (χ2v) is 10.2. The lowest BCUT2D eigenvalue weighted by Gasteiger charge is -2.23. The third-order valence-electron chi connectivity index (χ3n) is 4.37. The fraction of sp³-hybridized carbons (Fsp3) is 0.0952. The van der Waals surface area contributed by atoms with Gasteiger partial charge in [0.2, 0.25) is 15.9 Å². The third-order valence-corrected chi connectivity index (χ3v) is 7.33. The predicted octanol–water partition coefficient (Wildman–Crippen LogP) is 6.27. The van der Waals surface area contributed by atoms with Gasteiger partial charge in [0.15, 0.2) is 0 Å². The van der Waals surface area contributed by atoms with Gasteiger partial charge in [0, 0.05) is 27.2 Å². The van der Waals surface area contributed by atoms with E-state index in [9.17, 15) is 17.6 Å². The Hall–Kier alpha value is -1.87. The molecule has 3 rings (SSSR count). The van der Waals surface area contributed by atoms with Crippen molar-refractivity contribution in [2.45, 2.75) is 11.4 Å². The number of anilines is 1. The number of rotatable bonds is 7. The Morgan fingerprint density at radius 2 is 1.56 bits per heavy atom. The maximum atomic E-state index is 14.4. The molecule has 0 aliphatic heterocycles. The zero-order valence-corrected chi connectivity index (χ0v) is 20.0. The summed E-state index contributed by atoms with van der Waals surface area (Å²) in [5.74, 6) is -1.39. The molecule has 0 spiro atoms. The molecule has 1 amide bonds. The average molecular weight is 536 g/mol. The smallest absolute Gasteiger partial charge is 0.243 e. The summed E-state index contributed by atoms with van der Waals surface area (Å²) in [6, 6.07) is 13.8. The van der Waals surface area contributed by atoms with Crippen LogP contribution in [0.15, 0.2) is 65.6 Å². The molecule has 0 heterocycles. The van der Waals surface area contributed by atoms with Gasteiger partial charge in [-0.15, -0.1) is 0 Å². The fourth-order valence-electron chi connectivity index (χ4n) is 2.78. The first-order valence-electron chi connectivity index (χ1n) is 9.01. The fourth-order valence-corrected chi connectivity index (χ4v) is 4.95. The molecule has 0 atom stereocenters. The van der Waals surface area contributed by atoms with E-state index in [2.05, 4.69) is 5.32 Å². The zero-order chi connectivity index (χ0) is 23.5. The van der Waals surface area contributed by atoms with Gasteiger partial charge in [0.05, 0.1) is 22.2 Å². The second-order valence-electron chi connectivity index (χ2n) is 6.60. The van der Waals surface area contributed by atoms with Crippen LogP contribution >= 0.6 is 46.4 Å². The molecule has 5 nitrogen and oxygen atoms in total. The molecule has 0 aromatic heterocycles. The SMILES string of the molecule is O=C(CN(Cc1c(F)cccc1Cl)S(=O)(=O)c1ccc(Cl)cc1)Nc1ccc(Cl)cc1Cl. The summed E-state index contributed by atoms with van der Waals surface area (Å²) in [5, 5.41) is 3.44. The molecule has 0 aliphatic carbocycles. The van der Waals surface area contributed by atoms with Gasteiger partial charge in [-0.3, -0.25) is 4.79 Å². The highest BCUT2D eigenvalue weighted by Crippen LogP contribution is 2.27. The number of sulfonamides is 1. The number of nitrogens with zero attached hydrogens (tertiary/aromatic N) is 1. The van der Waals surface area contributed by atoms with Crippen molar-refractivity contribution in [2.24, 2.45) is 0 Å². The van der Waals surface area contributed by atoms with E-state index in [1.807, 2.05) is 0 Å². The van der Waals surface area contributed by atoms with Gasteiger partial charge in [-0.2, -0.15) is 4.31 Å². The molecule has 0 unspecified atom stereocenters. The molecule has 1 N–H and O–H groups in total. The third kappa shape index (κ3) is 5.92. The molecule has 3 aromatic rings. The van der Waals surface area contributed by atoms with Crippen molar-refractivity contribution in [3.8, 4) is 0 Å². The molecule has 0 radical (unpaired) electrons. The van der Waals surface area contributed by atoms with Crippen LogP contribution in [0.4, 0.5) is 10.1 Å². The molecule has 0 fully saturated rings. The van der Waals surface area contributed by atoms with Gasteiger partial charge < -0.3 is 5.32 Å². The standard InChI is InChI=1S/C21H15Cl4FN2O3S/c22-13-4-7-15(8-5-13)32(30,31)28(11-16-17(24)2-1-3-19(16)26)12-21(29)27-20-9-6-14(23)10-18(20)25/h1-10H,11-12H2,(H,27,29). The molecular formula is C21H15Cl4FN2O3S. The lowest BCUT2D eigenvalue weighted by molar-refractivity contribution is -0.116. The van der Waals surface area contributed by atoms with Crippen LogP contribution in [0.2, 0.25) is 20.1 Å². The van der Waals surface area contributed by atoms with E-state index < -0.39 is 34.8 Å². The summed E-state index contributed by atoms with van der Waals surface area (Å²) in [6.07, 6.45) is 0. The Bertz CT molecular complexity index is 1230. The van der Waals surface area contributed by atoms with Crippen molar-refractivity contribution in [3.05, 3.63) is 92.1 Å². The van der Waals surface area contributed by atoms with Crippen molar-refractivity contribution < 1.29 is 17.6 Å². The number of benzene rings is 3. The van der Waals surface area contributed by atoms with Gasteiger partial charge in [0.1, 0.15) is 5.82 Å². The molecule has 11 heteroatoms. The number of hydrogen-bond donors (Lipinski definition) is 1. The summed E-state index contributed by atoms with van der Waals surface area (Å²) in [6.45, 7) is -1.10. The zero-order valence-electron chi connectivity index (χ0n) is 16.2. The van der Waals surface area contributed by atoms with Gasteiger partial charge >= 0.3 is 0 Å². The number of halogens is 5. The van der Waals surface area contributed by atoms with Gasteiger partial charge in [-0.25, -0.2) is 12.8 Å². The number of carbonyl (C=O) groups is 1. The van der Waals surface area contributed by atoms with Crippen LogP contribution < -0.4 is 5.32 Å². The van der Waals surface area contributed by atoms with E-state index in [0.717, 1.165) is 10.4 Å². The van der Waals surface area contributed by atoms with E-state index in [1.165, 1.54) is 54.6 Å². The van der Waals surface area contributed by atoms with Crippen LogP contribution in [-0.4, -0.2) is 25.2 Å². The maximum Gasteiger partial charge on any atom is 0.243 e. The first kappa shape index (κ1) is 24.8. The topological polar surface area (TPSA) is 66.5 Å². The molecule has 0 saturated heterocycles. The van der Waals surface area contributed by atoms with E-state index in [4.69, 9.17) is 46.4 Å². The minimum Gasteiger partial charge on any atom is -0.324 e. The number of amides is 1. The van der Waals surface area contributed by atoms with Crippen LogP contribution in [0.5, 0.6) is 0 Å². The Morgan fingerprint density at radius 1 is 0.906 bits per heavy atom. The summed E-state index contributed by atoms with van der Waals surface area (Å²) in [5.41, 5.74) is 0.179. The van der Waals surface area contributed by atoms with Crippen LogP contribution in [0, 0.1) is 5.82 Å². The van der Waals surface area contributed by atoms with Crippen LogP contribution in [0.25, 0.3) is 0 Å². The summed E-state index contributed by atoms with van der Waals surface area (Å²) >= 11 is 23.9. The highest BCUT2D eigenvalue weighted by Gasteiger charge is 2.29. The minimum absolute atomic E-state index is 0.0301. The molecular weight excluding hydrogens is 521 g/mol. The summed E-state index contributed by atoms with van der Waals surface area (Å²) < 4.78 is 41.7. The lowest BCUT2D eigenvalue weighted by Crippen LogP contribution is -2.38. The van der Waals surface area contributed by atoms with E-state index >= 15 is 0 Å². The number of nitrogens with one attached hydrogen (secondary N) is 1. The van der Waals surface area contributed by atoms with Crippen LogP contribution in [0.1, 0.15) is 5.56 Å². The van der Waals surface area contributed by atoms with Crippen LogP contribution in [0.3, 0.4) is 0 Å². The number of hydrogen-bond acceptors (Lipinski definition) is 3. The molecule has 3 aromatic carbocycles. The molecule has 0 bridgehead atoms. The average Bonchev–Trinajstić information content (AvgIpc) is 2.72. The van der Waals surface area contributed by atoms with E-state index in [-0.39, 0.29) is 26.2 Å². The van der Waals surface area contributed by atoms with Crippen LogP contribution in [-0.2, 0) is 21.4 Å². The van der Waals surface area contributed by atoms with Crippen molar-refractivity contribution >= 4 is 68.0 Å². The van der Waals surface area contributed by atoms with Crippen molar-refractivity contribution in [2.75, 3.05) is 11.9 Å². The van der Waals surface area contributed by atoms with Gasteiger partial charge in [-0.05, 0) is 54.6 Å². The van der Waals surface area contributed by atoms with E-state index in [1.54, 1.807) is 0 Å². The number of carbonyl (C=O) groups excluding carboxylic acids is 1. The molecule has 168 valence electrons. The van der Waals surface area contributed by atoms with Gasteiger partial charge in [-0.1, -0.05) is 52.5 Å². The Labute approximate surface area is 204 Å². The van der Waals surface area contributed by atoms with Gasteiger partial charge in [0.25, 0.3) is 0 Å². The quantitative estimate of drug-likeness (QED) is 0.387. The largest absolute Gasteiger partial charge is 0.324 e. The molecule has 0 saturated carbocycles. The highest BCUT2D eigenvalue weighted by molar-refractivity contribution is 7.89. The Kier molecular flexibility index (Phi) is 8.03. The predicted molar refractivity (Wildman–Crippen MR) is 126 cm³/mol. The molecule has 0 aliphatic rings. The minimum atomic E-state index is -4.22. The van der Waals surface area contributed by atoms with E-state index in [0.29, 0.717) is 10.0 Å². The summed E-state index contributed by atoms with van der Waals surface area (Å²) in [4.78, 5) is 12.6. The Morgan fingerprint density at radius 3 is 2.19 bits per heavy atom. The van der Waals surface area contributed by atoms with Crippen molar-refractivity contribution in [3.63, 3.8) is 0 Å². The van der Waals surface area contributed by atoms with Crippen molar-refractivity contribution in [1.29, 1.82) is 0 Å². The maximum absolute atomic E-state index is 14.4. The van der Waals surface area contributed by atoms with Crippen molar-refractivity contribution in [1.82, 2.24) is 4.31 Å². The monoisotopic (exact) mass is 534 g/mol. The first-order valence-corrected chi connectivity index (χ1v) is 12.0.